The van der Waals surface area contributed by atoms with E-state index in [0.717, 1.165) is 25.9 Å². The van der Waals surface area contributed by atoms with Crippen molar-refractivity contribution in [2.75, 3.05) is 51.8 Å². The number of rotatable bonds is 5. The van der Waals surface area contributed by atoms with Crippen LogP contribution in [0, 0.1) is 5.92 Å². The Morgan fingerprint density at radius 1 is 1.21 bits per heavy atom. The van der Waals surface area contributed by atoms with E-state index in [1.165, 1.54) is 30.3 Å². The van der Waals surface area contributed by atoms with Crippen LogP contribution < -0.4 is 10.1 Å². The minimum absolute atomic E-state index is 0.0423. The number of fused-ring (bicyclic) bond motifs is 1. The lowest BCUT2D eigenvalue weighted by Gasteiger charge is -2.28. The predicted octanol–water partition coefficient (Wildman–Crippen LogP) is 1.53. The van der Waals surface area contributed by atoms with E-state index in [-0.39, 0.29) is 22.5 Å². The average Bonchev–Trinajstić information content (AvgIpc) is 3.19. The molecule has 0 aliphatic carbocycles. The highest BCUT2D eigenvalue weighted by molar-refractivity contribution is 7.89. The SMILES string of the molecule is COc1ccc(NC(=O)C2CC3CCCCN3C2)cc1S(=O)(=O)N1CCOCC1. The minimum atomic E-state index is -3.73. The number of hydrogen-bond acceptors (Lipinski definition) is 6. The number of nitrogens with one attached hydrogen (secondary N) is 1. The third kappa shape index (κ3) is 4.28. The van der Waals surface area contributed by atoms with Crippen LogP contribution in [0.5, 0.6) is 5.75 Å². The molecule has 1 amide bonds. The van der Waals surface area contributed by atoms with Crippen LogP contribution in [0.4, 0.5) is 5.69 Å². The second kappa shape index (κ2) is 8.59. The maximum absolute atomic E-state index is 13.1. The van der Waals surface area contributed by atoms with Crippen LogP contribution in [0.1, 0.15) is 25.7 Å². The Morgan fingerprint density at radius 3 is 2.72 bits per heavy atom. The van der Waals surface area contributed by atoms with Crippen molar-refractivity contribution in [3.63, 3.8) is 0 Å². The quantitative estimate of drug-likeness (QED) is 0.773. The maximum Gasteiger partial charge on any atom is 0.246 e. The van der Waals surface area contributed by atoms with E-state index in [1.54, 1.807) is 12.1 Å². The molecular formula is C20H29N3O5S. The fourth-order valence-corrected chi connectivity index (χ4v) is 6.16. The van der Waals surface area contributed by atoms with Crippen molar-refractivity contribution in [3.8, 4) is 5.75 Å². The lowest BCUT2D eigenvalue weighted by molar-refractivity contribution is -0.119. The molecular weight excluding hydrogens is 394 g/mol. The van der Waals surface area contributed by atoms with Gasteiger partial charge in [0.2, 0.25) is 15.9 Å². The topological polar surface area (TPSA) is 88.2 Å². The first-order chi connectivity index (χ1) is 14.0. The molecule has 3 aliphatic rings. The highest BCUT2D eigenvalue weighted by Gasteiger charge is 2.37. The molecule has 2 unspecified atom stereocenters. The van der Waals surface area contributed by atoms with Crippen molar-refractivity contribution in [1.29, 1.82) is 0 Å². The summed E-state index contributed by atoms with van der Waals surface area (Å²) in [4.78, 5) is 15.3. The second-order valence-corrected chi connectivity index (χ2v) is 9.85. The van der Waals surface area contributed by atoms with Gasteiger partial charge < -0.3 is 14.8 Å². The van der Waals surface area contributed by atoms with Gasteiger partial charge in [0.25, 0.3) is 0 Å². The molecule has 3 heterocycles. The number of piperidine rings is 1. The van der Waals surface area contributed by atoms with E-state index in [4.69, 9.17) is 9.47 Å². The standard InChI is InChI=1S/C20H29N3O5S/c1-27-18-6-5-16(13-19(18)29(25,26)23-8-10-28-11-9-23)21-20(24)15-12-17-4-2-3-7-22(17)14-15/h5-6,13,15,17H,2-4,7-12,14H2,1H3,(H,21,24). The summed E-state index contributed by atoms with van der Waals surface area (Å²) in [7, 11) is -2.29. The average molecular weight is 424 g/mol. The van der Waals surface area contributed by atoms with Crippen molar-refractivity contribution in [2.45, 2.75) is 36.6 Å². The number of carbonyl (C=O) groups is 1. The van der Waals surface area contributed by atoms with Gasteiger partial charge in [-0.25, -0.2) is 8.42 Å². The van der Waals surface area contributed by atoms with E-state index in [0.29, 0.717) is 38.0 Å². The van der Waals surface area contributed by atoms with Crippen molar-refractivity contribution in [3.05, 3.63) is 18.2 Å². The van der Waals surface area contributed by atoms with Gasteiger partial charge in [-0.3, -0.25) is 9.69 Å². The molecule has 4 rings (SSSR count). The highest BCUT2D eigenvalue weighted by Crippen LogP contribution is 2.33. The van der Waals surface area contributed by atoms with E-state index in [1.807, 2.05) is 0 Å². The van der Waals surface area contributed by atoms with Crippen LogP contribution in [-0.4, -0.2) is 76.1 Å². The van der Waals surface area contributed by atoms with E-state index in [2.05, 4.69) is 10.2 Å². The monoisotopic (exact) mass is 423 g/mol. The van der Waals surface area contributed by atoms with Gasteiger partial charge in [-0.15, -0.1) is 0 Å². The number of benzene rings is 1. The van der Waals surface area contributed by atoms with Gasteiger partial charge in [0.1, 0.15) is 10.6 Å². The van der Waals surface area contributed by atoms with Gasteiger partial charge in [-0.1, -0.05) is 6.42 Å². The minimum Gasteiger partial charge on any atom is -0.495 e. The Balaban J connectivity index is 1.51. The van der Waals surface area contributed by atoms with Crippen LogP contribution >= 0.6 is 0 Å². The third-order valence-corrected chi connectivity index (χ3v) is 8.07. The van der Waals surface area contributed by atoms with Gasteiger partial charge in [0.15, 0.2) is 0 Å². The van der Waals surface area contributed by atoms with Gasteiger partial charge in [0, 0.05) is 31.4 Å². The molecule has 0 bridgehead atoms. The summed E-state index contributed by atoms with van der Waals surface area (Å²) < 4.78 is 38.2. The molecule has 0 spiro atoms. The fourth-order valence-electron chi connectivity index (χ4n) is 4.57. The van der Waals surface area contributed by atoms with Crippen LogP contribution in [0.3, 0.4) is 0 Å². The zero-order chi connectivity index (χ0) is 20.4. The Bertz CT molecular complexity index is 840. The van der Waals surface area contributed by atoms with E-state index >= 15 is 0 Å². The lowest BCUT2D eigenvalue weighted by Crippen LogP contribution is -2.40. The Hall–Kier alpha value is -1.68. The summed E-state index contributed by atoms with van der Waals surface area (Å²) >= 11 is 0. The molecule has 2 atom stereocenters. The summed E-state index contributed by atoms with van der Waals surface area (Å²) in [6.45, 7) is 3.21. The van der Waals surface area contributed by atoms with Crippen molar-refractivity contribution < 1.29 is 22.7 Å². The second-order valence-electron chi connectivity index (χ2n) is 7.95. The number of nitrogens with zero attached hydrogens (tertiary/aromatic N) is 2. The largest absolute Gasteiger partial charge is 0.495 e. The number of morpholine rings is 1. The van der Waals surface area contributed by atoms with E-state index in [9.17, 15) is 13.2 Å². The fraction of sp³-hybridized carbons (Fsp3) is 0.650. The van der Waals surface area contributed by atoms with Crippen LogP contribution in [-0.2, 0) is 19.6 Å². The third-order valence-electron chi connectivity index (χ3n) is 6.15. The highest BCUT2D eigenvalue weighted by atomic mass is 32.2. The summed E-state index contributed by atoms with van der Waals surface area (Å²) in [6.07, 6.45) is 4.47. The first-order valence-electron chi connectivity index (χ1n) is 10.3. The smallest absolute Gasteiger partial charge is 0.246 e. The lowest BCUT2D eigenvalue weighted by atomic mass is 9.99. The summed E-state index contributed by atoms with van der Waals surface area (Å²) in [5.74, 6) is 0.172. The Labute approximate surface area is 172 Å². The van der Waals surface area contributed by atoms with Crippen LogP contribution in [0.25, 0.3) is 0 Å². The number of sulfonamides is 1. The number of carbonyl (C=O) groups excluding carboxylic acids is 1. The van der Waals surface area contributed by atoms with Gasteiger partial charge in [-0.05, 0) is 44.0 Å². The van der Waals surface area contributed by atoms with Crippen LogP contribution in [0.15, 0.2) is 23.1 Å². The molecule has 3 saturated heterocycles. The Morgan fingerprint density at radius 2 is 2.00 bits per heavy atom. The Kier molecular flexibility index (Phi) is 6.10. The number of anilines is 1. The molecule has 1 N–H and O–H groups in total. The van der Waals surface area contributed by atoms with Gasteiger partial charge >= 0.3 is 0 Å². The molecule has 0 saturated carbocycles. The molecule has 3 fully saturated rings. The molecule has 0 radical (unpaired) electrons. The molecule has 9 heteroatoms. The molecule has 29 heavy (non-hydrogen) atoms. The van der Waals surface area contributed by atoms with Gasteiger partial charge in [0.05, 0.1) is 26.2 Å². The van der Waals surface area contributed by atoms with Gasteiger partial charge in [-0.2, -0.15) is 4.31 Å². The summed E-state index contributed by atoms with van der Waals surface area (Å²) in [5.41, 5.74) is 0.479. The maximum atomic E-state index is 13.1. The first-order valence-corrected chi connectivity index (χ1v) is 11.7. The van der Waals surface area contributed by atoms with Crippen molar-refractivity contribution in [1.82, 2.24) is 9.21 Å². The normalized spacial score (nSPS) is 26.1. The number of methoxy groups -OCH3 is 1. The predicted molar refractivity (Wildman–Crippen MR) is 109 cm³/mol. The number of ether oxygens (including phenoxy) is 2. The van der Waals surface area contributed by atoms with Crippen molar-refractivity contribution >= 4 is 21.6 Å². The molecule has 1 aromatic carbocycles. The number of hydrogen-bond donors (Lipinski definition) is 1. The summed E-state index contributed by atoms with van der Waals surface area (Å²) in [5, 5.41) is 2.93. The van der Waals surface area contributed by atoms with Crippen LogP contribution in [0.2, 0.25) is 0 Å². The molecule has 160 valence electrons. The summed E-state index contributed by atoms with van der Waals surface area (Å²) in [6, 6.07) is 5.30. The van der Waals surface area contributed by atoms with Crippen molar-refractivity contribution in [2.24, 2.45) is 5.92 Å². The zero-order valence-corrected chi connectivity index (χ0v) is 17.6. The molecule has 8 nitrogen and oxygen atoms in total. The first kappa shape index (κ1) is 20.6. The zero-order valence-electron chi connectivity index (χ0n) is 16.8. The molecule has 1 aromatic rings. The van der Waals surface area contributed by atoms with E-state index < -0.39 is 10.0 Å². The molecule has 3 aliphatic heterocycles. The molecule has 0 aromatic heterocycles. The number of amides is 1.